The van der Waals surface area contributed by atoms with Crippen LogP contribution in [0.4, 0.5) is 13.2 Å². The lowest BCUT2D eigenvalue weighted by molar-refractivity contribution is -0.135. The summed E-state index contributed by atoms with van der Waals surface area (Å²) in [6.07, 6.45) is -1.93. The van der Waals surface area contributed by atoms with E-state index in [1.807, 2.05) is 7.05 Å². The van der Waals surface area contributed by atoms with Crippen molar-refractivity contribution < 1.29 is 17.9 Å². The predicted molar refractivity (Wildman–Crippen MR) is 56.3 cm³/mol. The third-order valence-corrected chi connectivity index (χ3v) is 3.06. The number of nitrogens with one attached hydrogen (secondary N) is 1. The van der Waals surface area contributed by atoms with Gasteiger partial charge in [0.05, 0.1) is 0 Å². The second-order valence-corrected chi connectivity index (χ2v) is 4.46. The van der Waals surface area contributed by atoms with Gasteiger partial charge in [0.2, 0.25) is 0 Å². The lowest BCUT2D eigenvalue weighted by atomic mass is 9.96. The van der Waals surface area contributed by atoms with Crippen LogP contribution >= 0.6 is 0 Å². The number of halogens is 3. The lowest BCUT2D eigenvalue weighted by Crippen LogP contribution is -2.28. The molecule has 0 aromatic heterocycles. The Morgan fingerprint density at radius 3 is 2.69 bits per heavy atom. The summed E-state index contributed by atoms with van der Waals surface area (Å²) in [5.74, 6) is 0.517. The molecule has 2 atom stereocenters. The van der Waals surface area contributed by atoms with Crippen LogP contribution < -0.4 is 5.32 Å². The Hall–Kier alpha value is -0.290. The van der Waals surface area contributed by atoms with E-state index in [0.29, 0.717) is 12.3 Å². The van der Waals surface area contributed by atoms with Crippen LogP contribution in [0, 0.1) is 5.92 Å². The zero-order valence-electron chi connectivity index (χ0n) is 9.65. The largest absolute Gasteiger partial charge is 0.389 e. The SMILES string of the molecule is CNC(CCCC(F)(F)F)CC1CCOC1. The molecule has 0 amide bonds. The van der Waals surface area contributed by atoms with E-state index in [-0.39, 0.29) is 12.5 Å². The van der Waals surface area contributed by atoms with Gasteiger partial charge in [0.15, 0.2) is 0 Å². The first-order chi connectivity index (χ1) is 7.51. The molecule has 0 radical (unpaired) electrons. The van der Waals surface area contributed by atoms with E-state index >= 15 is 0 Å². The van der Waals surface area contributed by atoms with Gasteiger partial charge in [0, 0.05) is 25.7 Å². The van der Waals surface area contributed by atoms with Crippen LogP contribution in [0.15, 0.2) is 0 Å². The quantitative estimate of drug-likeness (QED) is 0.769. The lowest BCUT2D eigenvalue weighted by Gasteiger charge is -2.19. The zero-order valence-corrected chi connectivity index (χ0v) is 9.65. The van der Waals surface area contributed by atoms with Crippen LogP contribution in [0.2, 0.25) is 0 Å². The maximum Gasteiger partial charge on any atom is 0.389 e. The highest BCUT2D eigenvalue weighted by molar-refractivity contribution is 4.73. The number of hydrogen-bond donors (Lipinski definition) is 1. The molecule has 0 aromatic carbocycles. The molecule has 2 nitrogen and oxygen atoms in total. The predicted octanol–water partition coefficient (Wildman–Crippen LogP) is 2.73. The van der Waals surface area contributed by atoms with Gasteiger partial charge < -0.3 is 10.1 Å². The first-order valence-electron chi connectivity index (χ1n) is 5.83. The van der Waals surface area contributed by atoms with E-state index in [1.165, 1.54) is 0 Å². The Morgan fingerprint density at radius 1 is 1.44 bits per heavy atom. The Balaban J connectivity index is 2.15. The van der Waals surface area contributed by atoms with Crippen molar-refractivity contribution in [1.29, 1.82) is 0 Å². The molecular formula is C11H20F3NO. The van der Waals surface area contributed by atoms with Crippen molar-refractivity contribution in [2.24, 2.45) is 5.92 Å². The van der Waals surface area contributed by atoms with Gasteiger partial charge in [-0.15, -0.1) is 0 Å². The summed E-state index contributed by atoms with van der Waals surface area (Å²) in [4.78, 5) is 0. The number of hydrogen-bond acceptors (Lipinski definition) is 2. The smallest absolute Gasteiger partial charge is 0.381 e. The van der Waals surface area contributed by atoms with Crippen molar-refractivity contribution in [3.8, 4) is 0 Å². The first kappa shape index (κ1) is 13.8. The highest BCUT2D eigenvalue weighted by atomic mass is 19.4. The molecule has 1 fully saturated rings. The molecular weight excluding hydrogens is 219 g/mol. The topological polar surface area (TPSA) is 21.3 Å². The molecule has 1 heterocycles. The van der Waals surface area contributed by atoms with Gasteiger partial charge in [-0.1, -0.05) is 0 Å². The fourth-order valence-corrected chi connectivity index (χ4v) is 2.10. The molecule has 0 aliphatic carbocycles. The second kappa shape index (κ2) is 6.45. The van der Waals surface area contributed by atoms with Crippen LogP contribution in [0.1, 0.15) is 32.1 Å². The van der Waals surface area contributed by atoms with Crippen molar-refractivity contribution >= 4 is 0 Å². The minimum absolute atomic E-state index is 0.189. The van der Waals surface area contributed by atoms with Crippen LogP contribution in [-0.4, -0.2) is 32.5 Å². The fourth-order valence-electron chi connectivity index (χ4n) is 2.10. The molecule has 1 rings (SSSR count). The molecule has 2 unspecified atom stereocenters. The molecule has 1 N–H and O–H groups in total. The molecule has 1 saturated heterocycles. The van der Waals surface area contributed by atoms with Gasteiger partial charge in [-0.25, -0.2) is 0 Å². The Morgan fingerprint density at radius 2 is 2.19 bits per heavy atom. The average Bonchev–Trinajstić information content (AvgIpc) is 2.67. The highest BCUT2D eigenvalue weighted by Gasteiger charge is 2.27. The van der Waals surface area contributed by atoms with Crippen molar-refractivity contribution in [3.63, 3.8) is 0 Å². The van der Waals surface area contributed by atoms with Crippen LogP contribution in [-0.2, 0) is 4.74 Å². The number of rotatable bonds is 6. The second-order valence-electron chi connectivity index (χ2n) is 4.46. The van der Waals surface area contributed by atoms with Crippen molar-refractivity contribution in [3.05, 3.63) is 0 Å². The molecule has 0 spiro atoms. The number of alkyl halides is 3. The van der Waals surface area contributed by atoms with Gasteiger partial charge in [-0.3, -0.25) is 0 Å². The fraction of sp³-hybridized carbons (Fsp3) is 1.00. The minimum atomic E-state index is -4.02. The third-order valence-electron chi connectivity index (χ3n) is 3.06. The molecule has 96 valence electrons. The molecule has 5 heteroatoms. The van der Waals surface area contributed by atoms with E-state index in [1.54, 1.807) is 0 Å². The van der Waals surface area contributed by atoms with Crippen LogP contribution in [0.5, 0.6) is 0 Å². The molecule has 1 aliphatic heterocycles. The van der Waals surface area contributed by atoms with Crippen LogP contribution in [0.3, 0.4) is 0 Å². The number of ether oxygens (including phenoxy) is 1. The molecule has 0 bridgehead atoms. The van der Waals surface area contributed by atoms with E-state index in [4.69, 9.17) is 4.74 Å². The summed E-state index contributed by atoms with van der Waals surface area (Å²) in [6, 6.07) is 0.189. The van der Waals surface area contributed by atoms with E-state index in [2.05, 4.69) is 5.32 Å². The van der Waals surface area contributed by atoms with Gasteiger partial charge >= 0.3 is 6.18 Å². The monoisotopic (exact) mass is 239 g/mol. The van der Waals surface area contributed by atoms with Crippen molar-refractivity contribution in [2.75, 3.05) is 20.3 Å². The van der Waals surface area contributed by atoms with Crippen molar-refractivity contribution in [2.45, 2.75) is 44.3 Å². The maximum absolute atomic E-state index is 12.0. The molecule has 0 saturated carbocycles. The van der Waals surface area contributed by atoms with Crippen LogP contribution in [0.25, 0.3) is 0 Å². The standard InChI is InChI=1S/C11H20F3NO/c1-15-10(3-2-5-11(12,13)14)7-9-4-6-16-8-9/h9-10,15H,2-8H2,1H3. The first-order valence-corrected chi connectivity index (χ1v) is 5.83. The van der Waals surface area contributed by atoms with Gasteiger partial charge in [0.25, 0.3) is 0 Å². The average molecular weight is 239 g/mol. The summed E-state index contributed by atoms with van der Waals surface area (Å²) < 4.78 is 41.2. The third kappa shape index (κ3) is 5.70. The summed E-state index contributed by atoms with van der Waals surface area (Å²) in [6.45, 7) is 1.56. The summed E-state index contributed by atoms with van der Waals surface area (Å²) in [7, 11) is 1.81. The Kier molecular flexibility index (Phi) is 5.55. The highest BCUT2D eigenvalue weighted by Crippen LogP contribution is 2.25. The van der Waals surface area contributed by atoms with Gasteiger partial charge in [0.1, 0.15) is 0 Å². The van der Waals surface area contributed by atoms with E-state index < -0.39 is 12.6 Å². The summed E-state index contributed by atoms with van der Waals surface area (Å²) >= 11 is 0. The van der Waals surface area contributed by atoms with Crippen molar-refractivity contribution in [1.82, 2.24) is 5.32 Å². The van der Waals surface area contributed by atoms with E-state index in [9.17, 15) is 13.2 Å². The summed E-state index contributed by atoms with van der Waals surface area (Å²) in [5.41, 5.74) is 0. The zero-order chi connectivity index (χ0) is 12.0. The minimum Gasteiger partial charge on any atom is -0.381 e. The molecule has 16 heavy (non-hydrogen) atoms. The molecule has 1 aliphatic rings. The maximum atomic E-state index is 12.0. The summed E-state index contributed by atoms with van der Waals surface area (Å²) in [5, 5.41) is 3.09. The van der Waals surface area contributed by atoms with E-state index in [0.717, 1.165) is 26.1 Å². The normalized spacial score (nSPS) is 23.6. The Labute approximate surface area is 94.5 Å². The molecule has 0 aromatic rings. The Bertz CT molecular complexity index is 190. The van der Waals surface area contributed by atoms with Gasteiger partial charge in [-0.2, -0.15) is 13.2 Å². The van der Waals surface area contributed by atoms with Gasteiger partial charge in [-0.05, 0) is 38.6 Å².